The van der Waals surface area contributed by atoms with Gasteiger partial charge in [-0.15, -0.1) is 0 Å². The van der Waals surface area contributed by atoms with Crippen LogP contribution in [0.5, 0.6) is 5.75 Å². The van der Waals surface area contributed by atoms with Crippen LogP contribution >= 0.6 is 15.9 Å². The number of hydrogen-bond donors (Lipinski definition) is 1. The minimum absolute atomic E-state index is 0.0278. The number of anilines is 1. The number of halogens is 1. The molecule has 2 rings (SSSR count). The van der Waals surface area contributed by atoms with Gasteiger partial charge in [0.15, 0.2) is 6.61 Å². The Balaban J connectivity index is 1.89. The molecular weight excluding hydrogens is 340 g/mol. The lowest BCUT2D eigenvalue weighted by molar-refractivity contribution is -0.384. The summed E-state index contributed by atoms with van der Waals surface area (Å²) in [5, 5.41) is 13.2. The SMILES string of the molecule is O=C(COc1ccc([N+](=O)[O-])cc1)Nc1ccccc1Br. The molecule has 0 aliphatic heterocycles. The van der Waals surface area contributed by atoms with Crippen LogP contribution in [0, 0.1) is 10.1 Å². The summed E-state index contributed by atoms with van der Waals surface area (Å²) >= 11 is 3.32. The summed E-state index contributed by atoms with van der Waals surface area (Å²) in [5.41, 5.74) is 0.620. The second kappa shape index (κ2) is 6.85. The highest BCUT2D eigenvalue weighted by molar-refractivity contribution is 9.10. The first-order valence-corrected chi connectivity index (χ1v) is 6.77. The molecule has 0 radical (unpaired) electrons. The van der Waals surface area contributed by atoms with Gasteiger partial charge in [-0.25, -0.2) is 0 Å². The van der Waals surface area contributed by atoms with Crippen molar-refractivity contribution in [1.82, 2.24) is 0 Å². The molecule has 0 atom stereocenters. The Morgan fingerprint density at radius 2 is 1.86 bits per heavy atom. The van der Waals surface area contributed by atoms with Crippen molar-refractivity contribution in [1.29, 1.82) is 0 Å². The summed E-state index contributed by atoms with van der Waals surface area (Å²) in [7, 11) is 0. The maximum atomic E-state index is 11.7. The zero-order chi connectivity index (χ0) is 15.2. The number of hydrogen-bond acceptors (Lipinski definition) is 4. The molecular formula is C14H11BrN2O4. The molecule has 0 heterocycles. The lowest BCUT2D eigenvalue weighted by atomic mass is 10.3. The van der Waals surface area contributed by atoms with E-state index < -0.39 is 4.92 Å². The zero-order valence-electron chi connectivity index (χ0n) is 10.8. The number of benzene rings is 2. The van der Waals surface area contributed by atoms with Gasteiger partial charge in [0.05, 0.1) is 10.6 Å². The smallest absolute Gasteiger partial charge is 0.269 e. The summed E-state index contributed by atoms with van der Waals surface area (Å²) < 4.78 is 6.04. The van der Waals surface area contributed by atoms with E-state index in [9.17, 15) is 14.9 Å². The van der Waals surface area contributed by atoms with Gasteiger partial charge in [-0.1, -0.05) is 12.1 Å². The number of rotatable bonds is 5. The second-order valence-electron chi connectivity index (χ2n) is 4.07. The fraction of sp³-hybridized carbons (Fsp3) is 0.0714. The van der Waals surface area contributed by atoms with E-state index in [4.69, 9.17) is 4.74 Å². The lowest BCUT2D eigenvalue weighted by Gasteiger charge is -2.08. The van der Waals surface area contributed by atoms with Gasteiger partial charge in [-0.05, 0) is 40.2 Å². The van der Waals surface area contributed by atoms with Crippen LogP contribution < -0.4 is 10.1 Å². The maximum Gasteiger partial charge on any atom is 0.269 e. The van der Waals surface area contributed by atoms with E-state index in [0.717, 1.165) is 4.47 Å². The summed E-state index contributed by atoms with van der Waals surface area (Å²) in [4.78, 5) is 21.8. The number of carbonyl (C=O) groups is 1. The maximum absolute atomic E-state index is 11.7. The first kappa shape index (κ1) is 15.0. The highest BCUT2D eigenvalue weighted by atomic mass is 79.9. The molecule has 21 heavy (non-hydrogen) atoms. The third-order valence-electron chi connectivity index (χ3n) is 2.57. The predicted octanol–water partition coefficient (Wildman–Crippen LogP) is 3.37. The molecule has 0 saturated carbocycles. The molecule has 108 valence electrons. The van der Waals surface area contributed by atoms with Crippen molar-refractivity contribution in [3.05, 3.63) is 63.1 Å². The monoisotopic (exact) mass is 350 g/mol. The Hall–Kier alpha value is -2.41. The Labute approximate surface area is 129 Å². The van der Waals surface area contributed by atoms with Crippen LogP contribution in [0.1, 0.15) is 0 Å². The zero-order valence-corrected chi connectivity index (χ0v) is 12.4. The summed E-state index contributed by atoms with van der Waals surface area (Å²) in [5.74, 6) is 0.0723. The number of carbonyl (C=O) groups excluding carboxylic acids is 1. The number of nitrogens with zero attached hydrogens (tertiary/aromatic N) is 1. The molecule has 6 nitrogen and oxygen atoms in total. The van der Waals surface area contributed by atoms with Crippen molar-refractivity contribution in [2.24, 2.45) is 0 Å². The van der Waals surface area contributed by atoms with E-state index in [1.165, 1.54) is 24.3 Å². The Bertz CT molecular complexity index is 658. The van der Waals surface area contributed by atoms with Crippen molar-refractivity contribution in [2.45, 2.75) is 0 Å². The van der Waals surface area contributed by atoms with E-state index in [0.29, 0.717) is 11.4 Å². The average molecular weight is 351 g/mol. The van der Waals surface area contributed by atoms with Crippen molar-refractivity contribution in [3.8, 4) is 5.75 Å². The standard InChI is InChI=1S/C14H11BrN2O4/c15-12-3-1-2-4-13(12)16-14(18)9-21-11-7-5-10(6-8-11)17(19)20/h1-8H,9H2,(H,16,18). The number of nitro groups is 1. The van der Waals surface area contributed by atoms with E-state index in [-0.39, 0.29) is 18.2 Å². The minimum atomic E-state index is -0.497. The van der Waals surface area contributed by atoms with Crippen LogP contribution in [-0.4, -0.2) is 17.4 Å². The minimum Gasteiger partial charge on any atom is -0.484 e. The number of para-hydroxylation sites is 1. The van der Waals surface area contributed by atoms with Crippen molar-refractivity contribution in [3.63, 3.8) is 0 Å². The number of nitrogens with one attached hydrogen (secondary N) is 1. The molecule has 2 aromatic carbocycles. The van der Waals surface area contributed by atoms with E-state index in [2.05, 4.69) is 21.2 Å². The third kappa shape index (κ3) is 4.28. The van der Waals surface area contributed by atoms with E-state index >= 15 is 0 Å². The van der Waals surface area contributed by atoms with Crippen LogP contribution in [0.3, 0.4) is 0 Å². The predicted molar refractivity (Wildman–Crippen MR) is 81.4 cm³/mol. The summed E-state index contributed by atoms with van der Waals surface area (Å²) in [6.45, 7) is -0.181. The van der Waals surface area contributed by atoms with Gasteiger partial charge >= 0.3 is 0 Å². The van der Waals surface area contributed by atoms with E-state index in [1.54, 1.807) is 12.1 Å². The first-order chi connectivity index (χ1) is 10.1. The number of ether oxygens (including phenoxy) is 1. The molecule has 0 aliphatic carbocycles. The summed E-state index contributed by atoms with van der Waals surface area (Å²) in [6, 6.07) is 12.8. The average Bonchev–Trinajstić information content (AvgIpc) is 2.48. The topological polar surface area (TPSA) is 81.5 Å². The largest absolute Gasteiger partial charge is 0.484 e. The first-order valence-electron chi connectivity index (χ1n) is 5.98. The second-order valence-corrected chi connectivity index (χ2v) is 4.92. The molecule has 0 unspecified atom stereocenters. The highest BCUT2D eigenvalue weighted by Crippen LogP contribution is 2.21. The van der Waals surface area contributed by atoms with Crippen LogP contribution in [-0.2, 0) is 4.79 Å². The number of non-ortho nitro benzene ring substituents is 1. The number of nitro benzene ring substituents is 1. The molecule has 1 N–H and O–H groups in total. The molecule has 0 spiro atoms. The van der Waals surface area contributed by atoms with Gasteiger partial charge in [0, 0.05) is 16.6 Å². The lowest BCUT2D eigenvalue weighted by Crippen LogP contribution is -2.20. The van der Waals surface area contributed by atoms with Gasteiger partial charge < -0.3 is 10.1 Å². The molecule has 0 saturated heterocycles. The van der Waals surface area contributed by atoms with Crippen molar-refractivity contribution < 1.29 is 14.5 Å². The molecule has 0 fully saturated rings. The molecule has 0 bridgehead atoms. The fourth-order valence-corrected chi connectivity index (χ4v) is 1.95. The third-order valence-corrected chi connectivity index (χ3v) is 3.26. The van der Waals surface area contributed by atoms with Crippen molar-refractivity contribution in [2.75, 3.05) is 11.9 Å². The fourth-order valence-electron chi connectivity index (χ4n) is 1.56. The Morgan fingerprint density at radius 1 is 1.19 bits per heavy atom. The normalized spacial score (nSPS) is 9.95. The van der Waals surface area contributed by atoms with Crippen LogP contribution in [0.25, 0.3) is 0 Å². The quantitative estimate of drug-likeness (QED) is 0.661. The molecule has 0 aromatic heterocycles. The van der Waals surface area contributed by atoms with E-state index in [1.807, 2.05) is 12.1 Å². The van der Waals surface area contributed by atoms with Gasteiger partial charge in [-0.3, -0.25) is 14.9 Å². The van der Waals surface area contributed by atoms with Gasteiger partial charge in [-0.2, -0.15) is 0 Å². The molecule has 0 aliphatic rings. The van der Waals surface area contributed by atoms with Gasteiger partial charge in [0.2, 0.25) is 0 Å². The summed E-state index contributed by atoms with van der Waals surface area (Å²) in [6.07, 6.45) is 0. The molecule has 2 aromatic rings. The Kier molecular flexibility index (Phi) is 4.89. The van der Waals surface area contributed by atoms with Gasteiger partial charge in [0.1, 0.15) is 5.75 Å². The highest BCUT2D eigenvalue weighted by Gasteiger charge is 2.08. The number of amides is 1. The van der Waals surface area contributed by atoms with Gasteiger partial charge in [0.25, 0.3) is 11.6 Å². The molecule has 1 amide bonds. The van der Waals surface area contributed by atoms with Crippen LogP contribution in [0.2, 0.25) is 0 Å². The van der Waals surface area contributed by atoms with Crippen molar-refractivity contribution >= 4 is 33.2 Å². The van der Waals surface area contributed by atoms with Crippen LogP contribution in [0.4, 0.5) is 11.4 Å². The Morgan fingerprint density at radius 3 is 2.48 bits per heavy atom. The van der Waals surface area contributed by atoms with Crippen LogP contribution in [0.15, 0.2) is 53.0 Å². The molecule has 7 heteroatoms.